The molecule has 1 aliphatic carbocycles. The third kappa shape index (κ3) is 1.93. The van der Waals surface area contributed by atoms with Gasteiger partial charge in [0.15, 0.2) is 0 Å². The maximum atomic E-state index is 11.3. The van der Waals surface area contributed by atoms with E-state index in [1.165, 1.54) is 12.8 Å². The second-order valence-electron chi connectivity index (χ2n) is 4.32. The molecule has 15 heavy (non-hydrogen) atoms. The highest BCUT2D eigenvalue weighted by Gasteiger charge is 2.58. The number of hydrogen-bond acceptors (Lipinski definition) is 3. The molecule has 0 amide bonds. The van der Waals surface area contributed by atoms with Crippen LogP contribution in [0.3, 0.4) is 0 Å². The lowest BCUT2D eigenvalue weighted by atomic mass is 9.84. The van der Waals surface area contributed by atoms with Crippen molar-refractivity contribution in [3.05, 3.63) is 11.6 Å². The summed E-state index contributed by atoms with van der Waals surface area (Å²) in [5.41, 5.74) is 0.927. The van der Waals surface area contributed by atoms with Crippen molar-refractivity contribution in [2.45, 2.75) is 51.2 Å². The summed E-state index contributed by atoms with van der Waals surface area (Å²) in [6.07, 6.45) is 6.59. The summed E-state index contributed by atoms with van der Waals surface area (Å²) in [6.45, 7) is 4.22. The van der Waals surface area contributed by atoms with Gasteiger partial charge in [0.2, 0.25) is 0 Å². The zero-order valence-corrected chi connectivity index (χ0v) is 9.41. The Labute approximate surface area is 90.4 Å². The summed E-state index contributed by atoms with van der Waals surface area (Å²) < 4.78 is 10.6. The van der Waals surface area contributed by atoms with E-state index in [0.29, 0.717) is 12.7 Å². The van der Waals surface area contributed by atoms with Crippen molar-refractivity contribution < 1.29 is 14.3 Å². The number of hydrogen-bond donors (Lipinski definition) is 0. The van der Waals surface area contributed by atoms with Crippen molar-refractivity contribution in [3.8, 4) is 0 Å². The van der Waals surface area contributed by atoms with Gasteiger partial charge in [0.1, 0.15) is 5.60 Å². The van der Waals surface area contributed by atoms with Crippen molar-refractivity contribution in [2.75, 3.05) is 6.61 Å². The fourth-order valence-corrected chi connectivity index (χ4v) is 2.48. The monoisotopic (exact) mass is 210 g/mol. The van der Waals surface area contributed by atoms with E-state index in [1.54, 1.807) is 6.08 Å². The third-order valence-electron chi connectivity index (χ3n) is 3.37. The summed E-state index contributed by atoms with van der Waals surface area (Å²) in [5, 5.41) is 0. The molecule has 1 saturated heterocycles. The first-order valence-corrected chi connectivity index (χ1v) is 5.72. The van der Waals surface area contributed by atoms with Gasteiger partial charge in [-0.15, -0.1) is 0 Å². The Kier molecular flexibility index (Phi) is 2.83. The van der Waals surface area contributed by atoms with Gasteiger partial charge in [0.25, 0.3) is 0 Å². The van der Waals surface area contributed by atoms with E-state index < -0.39 is 0 Å². The molecule has 0 aromatic heterocycles. The third-order valence-corrected chi connectivity index (χ3v) is 3.37. The summed E-state index contributed by atoms with van der Waals surface area (Å²) in [6, 6.07) is 0. The molecule has 0 N–H and O–H groups in total. The molecule has 1 heterocycles. The van der Waals surface area contributed by atoms with Crippen LogP contribution in [0, 0.1) is 0 Å². The van der Waals surface area contributed by atoms with Gasteiger partial charge in [0, 0.05) is 6.08 Å². The van der Waals surface area contributed by atoms with Gasteiger partial charge < -0.3 is 9.47 Å². The molecule has 2 unspecified atom stereocenters. The molecule has 0 bridgehead atoms. The SMILES string of the molecule is CCOC(=O)/C=C(\C)C12CCCCC1O2. The zero-order chi connectivity index (χ0) is 10.9. The Morgan fingerprint density at radius 3 is 3.07 bits per heavy atom. The number of rotatable bonds is 3. The Bertz CT molecular complexity index is 295. The van der Waals surface area contributed by atoms with E-state index in [-0.39, 0.29) is 11.6 Å². The van der Waals surface area contributed by atoms with Gasteiger partial charge >= 0.3 is 5.97 Å². The lowest BCUT2D eigenvalue weighted by Gasteiger charge is -2.17. The van der Waals surface area contributed by atoms with Crippen LogP contribution < -0.4 is 0 Å². The van der Waals surface area contributed by atoms with E-state index in [4.69, 9.17) is 9.47 Å². The van der Waals surface area contributed by atoms with E-state index in [9.17, 15) is 4.79 Å². The maximum Gasteiger partial charge on any atom is 0.330 e. The van der Waals surface area contributed by atoms with Crippen LogP contribution in [0.4, 0.5) is 0 Å². The fourth-order valence-electron chi connectivity index (χ4n) is 2.48. The van der Waals surface area contributed by atoms with Crippen LogP contribution >= 0.6 is 0 Å². The van der Waals surface area contributed by atoms with E-state index in [2.05, 4.69) is 0 Å². The van der Waals surface area contributed by atoms with E-state index in [0.717, 1.165) is 18.4 Å². The summed E-state index contributed by atoms with van der Waals surface area (Å²) in [7, 11) is 0. The minimum atomic E-state index is -0.246. The molecule has 3 heteroatoms. The van der Waals surface area contributed by atoms with Crippen LogP contribution in [0.1, 0.15) is 39.5 Å². The van der Waals surface area contributed by atoms with Crippen molar-refractivity contribution >= 4 is 5.97 Å². The molecule has 2 atom stereocenters. The largest absolute Gasteiger partial charge is 0.463 e. The second kappa shape index (κ2) is 3.97. The van der Waals surface area contributed by atoms with E-state index >= 15 is 0 Å². The smallest absolute Gasteiger partial charge is 0.330 e. The Morgan fingerprint density at radius 2 is 2.40 bits per heavy atom. The van der Waals surface area contributed by atoms with Crippen LogP contribution in [0.2, 0.25) is 0 Å². The molecule has 0 aromatic carbocycles. The second-order valence-corrected chi connectivity index (χ2v) is 4.32. The van der Waals surface area contributed by atoms with Gasteiger partial charge in [-0.3, -0.25) is 0 Å². The van der Waals surface area contributed by atoms with Gasteiger partial charge in [-0.05, 0) is 32.3 Å². The minimum Gasteiger partial charge on any atom is -0.463 e. The number of carbonyl (C=O) groups excluding carboxylic acids is 1. The predicted octanol–water partition coefficient (Wildman–Crippen LogP) is 2.21. The quantitative estimate of drug-likeness (QED) is 0.407. The van der Waals surface area contributed by atoms with Gasteiger partial charge in [-0.1, -0.05) is 12.8 Å². The fraction of sp³-hybridized carbons (Fsp3) is 0.750. The van der Waals surface area contributed by atoms with Crippen molar-refractivity contribution in [1.29, 1.82) is 0 Å². The molecular weight excluding hydrogens is 192 g/mol. The summed E-state index contributed by atoms with van der Waals surface area (Å²) >= 11 is 0. The Balaban J connectivity index is 2.01. The van der Waals surface area contributed by atoms with Crippen LogP contribution in [-0.4, -0.2) is 24.3 Å². The van der Waals surface area contributed by atoms with Crippen LogP contribution in [-0.2, 0) is 14.3 Å². The maximum absolute atomic E-state index is 11.3. The van der Waals surface area contributed by atoms with Gasteiger partial charge in [-0.25, -0.2) is 4.79 Å². The summed E-state index contributed by atoms with van der Waals surface area (Å²) in [5.74, 6) is -0.246. The number of fused-ring (bicyclic) bond motifs is 1. The van der Waals surface area contributed by atoms with Crippen LogP contribution in [0.15, 0.2) is 11.6 Å². The molecular formula is C12H18O3. The van der Waals surface area contributed by atoms with Crippen LogP contribution in [0.25, 0.3) is 0 Å². The average molecular weight is 210 g/mol. The molecule has 84 valence electrons. The Hall–Kier alpha value is -0.830. The lowest BCUT2D eigenvalue weighted by molar-refractivity contribution is -0.137. The standard InChI is InChI=1S/C12H18O3/c1-3-14-11(13)8-9(2)12-7-5-4-6-10(12)15-12/h8,10H,3-7H2,1-2H3/b9-8+. The van der Waals surface area contributed by atoms with Crippen molar-refractivity contribution in [1.82, 2.24) is 0 Å². The highest BCUT2D eigenvalue weighted by molar-refractivity contribution is 5.83. The normalized spacial score (nSPS) is 34.5. The molecule has 3 nitrogen and oxygen atoms in total. The molecule has 2 rings (SSSR count). The highest BCUT2D eigenvalue weighted by Crippen LogP contribution is 2.52. The number of carbonyl (C=O) groups is 1. The highest BCUT2D eigenvalue weighted by atomic mass is 16.6. The predicted molar refractivity (Wildman–Crippen MR) is 56.5 cm³/mol. The first-order valence-electron chi connectivity index (χ1n) is 5.72. The van der Waals surface area contributed by atoms with Gasteiger partial charge in [0.05, 0.1) is 12.7 Å². The Morgan fingerprint density at radius 1 is 1.60 bits per heavy atom. The molecule has 1 aliphatic heterocycles. The topological polar surface area (TPSA) is 38.8 Å². The van der Waals surface area contributed by atoms with Crippen LogP contribution in [0.5, 0.6) is 0 Å². The zero-order valence-electron chi connectivity index (χ0n) is 9.41. The molecule has 2 aliphatic rings. The lowest BCUT2D eigenvalue weighted by Crippen LogP contribution is -2.21. The van der Waals surface area contributed by atoms with Gasteiger partial charge in [-0.2, -0.15) is 0 Å². The first-order chi connectivity index (χ1) is 7.19. The van der Waals surface area contributed by atoms with Crippen molar-refractivity contribution in [3.63, 3.8) is 0 Å². The average Bonchev–Trinajstić information content (AvgIpc) is 2.93. The summed E-state index contributed by atoms with van der Waals surface area (Å²) in [4.78, 5) is 11.3. The molecule has 2 fully saturated rings. The van der Waals surface area contributed by atoms with E-state index in [1.807, 2.05) is 13.8 Å². The van der Waals surface area contributed by atoms with Crippen molar-refractivity contribution in [2.24, 2.45) is 0 Å². The molecule has 0 radical (unpaired) electrons. The minimum absolute atomic E-state index is 0.106. The number of epoxide rings is 1. The molecule has 0 aromatic rings. The number of esters is 1. The molecule has 0 spiro atoms. The first kappa shape index (κ1) is 10.7. The number of ether oxygens (including phenoxy) is 2. The molecule has 1 saturated carbocycles.